The van der Waals surface area contributed by atoms with E-state index in [4.69, 9.17) is 21.1 Å². The summed E-state index contributed by atoms with van der Waals surface area (Å²) in [6.45, 7) is 3.65. The predicted molar refractivity (Wildman–Crippen MR) is 139 cm³/mol. The van der Waals surface area contributed by atoms with Crippen molar-refractivity contribution < 1.29 is 23.9 Å². The van der Waals surface area contributed by atoms with Crippen molar-refractivity contribution >= 4 is 46.9 Å². The van der Waals surface area contributed by atoms with Crippen molar-refractivity contribution in [1.82, 2.24) is 5.43 Å². The number of para-hydroxylation sites is 2. The smallest absolute Gasteiger partial charge is 0.329 e. The van der Waals surface area contributed by atoms with Gasteiger partial charge in [-0.2, -0.15) is 5.10 Å². The Morgan fingerprint density at radius 2 is 1.61 bits per heavy atom. The number of nitrogens with zero attached hydrogens (tertiary/aromatic N) is 1. The molecule has 184 valence electrons. The van der Waals surface area contributed by atoms with Crippen molar-refractivity contribution in [3.05, 3.63) is 96.0 Å². The fraction of sp³-hybridized carbons (Fsp3) is 0.0769. The third-order valence-corrected chi connectivity index (χ3v) is 4.81. The van der Waals surface area contributed by atoms with E-state index in [9.17, 15) is 14.4 Å². The third kappa shape index (κ3) is 8.00. The van der Waals surface area contributed by atoms with Crippen LogP contribution >= 0.6 is 11.6 Å². The van der Waals surface area contributed by atoms with E-state index in [0.717, 1.165) is 0 Å². The minimum absolute atomic E-state index is 0.276. The first-order valence-corrected chi connectivity index (χ1v) is 11.1. The standard InChI is InChI=1S/C26H23ClN4O5/c1-2-15-35-20-13-11-19(12-14-20)29-25(33)26(34)31-28-16-18-7-3-6-10-23(18)36-17-24(32)30-22-9-5-4-8-21(22)27/h2-14,16H,1,15,17H2,(H,29,33)(H,30,32)(H,31,34)/b28-16-. The summed E-state index contributed by atoms with van der Waals surface area (Å²) in [5.74, 6) is -1.30. The molecule has 0 fully saturated rings. The lowest BCUT2D eigenvalue weighted by molar-refractivity contribution is -0.136. The first-order valence-electron chi connectivity index (χ1n) is 10.7. The van der Waals surface area contributed by atoms with Crippen LogP contribution in [0.4, 0.5) is 11.4 Å². The van der Waals surface area contributed by atoms with Gasteiger partial charge in [0.15, 0.2) is 6.61 Å². The number of carbonyl (C=O) groups is 3. The van der Waals surface area contributed by atoms with Crippen LogP contribution in [0, 0.1) is 0 Å². The molecule has 0 atom stereocenters. The zero-order chi connectivity index (χ0) is 25.8. The monoisotopic (exact) mass is 506 g/mol. The second-order valence-electron chi connectivity index (χ2n) is 7.13. The highest BCUT2D eigenvalue weighted by molar-refractivity contribution is 6.39. The molecule has 3 aromatic carbocycles. The van der Waals surface area contributed by atoms with E-state index in [2.05, 4.69) is 27.7 Å². The summed E-state index contributed by atoms with van der Waals surface area (Å²) < 4.78 is 10.9. The molecular formula is C26H23ClN4O5. The van der Waals surface area contributed by atoms with Crippen LogP contribution in [0.2, 0.25) is 5.02 Å². The Balaban J connectivity index is 1.50. The van der Waals surface area contributed by atoms with Crippen LogP contribution in [0.5, 0.6) is 11.5 Å². The van der Waals surface area contributed by atoms with Gasteiger partial charge in [0.2, 0.25) is 0 Å². The molecule has 0 bridgehead atoms. The van der Waals surface area contributed by atoms with E-state index >= 15 is 0 Å². The van der Waals surface area contributed by atoms with Crippen molar-refractivity contribution in [2.24, 2.45) is 5.10 Å². The molecule has 10 heteroatoms. The zero-order valence-electron chi connectivity index (χ0n) is 19.1. The summed E-state index contributed by atoms with van der Waals surface area (Å²) >= 11 is 6.04. The highest BCUT2D eigenvalue weighted by Crippen LogP contribution is 2.21. The molecule has 0 unspecified atom stereocenters. The summed E-state index contributed by atoms with van der Waals surface area (Å²) in [4.78, 5) is 36.4. The van der Waals surface area contributed by atoms with E-state index in [1.165, 1.54) is 6.21 Å². The Morgan fingerprint density at radius 1 is 0.889 bits per heavy atom. The summed E-state index contributed by atoms with van der Waals surface area (Å²) in [5.41, 5.74) is 3.53. The number of carbonyl (C=O) groups excluding carboxylic acids is 3. The Hall–Kier alpha value is -4.63. The maximum Gasteiger partial charge on any atom is 0.329 e. The molecule has 9 nitrogen and oxygen atoms in total. The van der Waals surface area contributed by atoms with E-state index in [-0.39, 0.29) is 6.61 Å². The zero-order valence-corrected chi connectivity index (χ0v) is 19.8. The molecule has 0 spiro atoms. The molecule has 3 rings (SSSR count). The molecule has 3 amide bonds. The molecule has 0 aromatic heterocycles. The quantitative estimate of drug-likeness (QED) is 0.166. The van der Waals surface area contributed by atoms with Crippen molar-refractivity contribution in [3.8, 4) is 11.5 Å². The van der Waals surface area contributed by atoms with Crippen LogP contribution in [0.3, 0.4) is 0 Å². The SMILES string of the molecule is C=CCOc1ccc(NC(=O)C(=O)N/N=C\c2ccccc2OCC(=O)Nc2ccccc2Cl)cc1. The fourth-order valence-corrected chi connectivity index (χ4v) is 2.98. The van der Waals surface area contributed by atoms with Gasteiger partial charge in [-0.05, 0) is 48.5 Å². The van der Waals surface area contributed by atoms with E-state index in [0.29, 0.717) is 40.1 Å². The van der Waals surface area contributed by atoms with Crippen molar-refractivity contribution in [3.63, 3.8) is 0 Å². The van der Waals surface area contributed by atoms with Gasteiger partial charge < -0.3 is 20.1 Å². The van der Waals surface area contributed by atoms with Crippen molar-refractivity contribution in [1.29, 1.82) is 0 Å². The molecule has 0 heterocycles. The van der Waals surface area contributed by atoms with Gasteiger partial charge >= 0.3 is 11.8 Å². The van der Waals surface area contributed by atoms with Gasteiger partial charge in [0.25, 0.3) is 5.91 Å². The molecule has 3 N–H and O–H groups in total. The second-order valence-corrected chi connectivity index (χ2v) is 7.54. The number of rotatable bonds is 10. The Labute approximate surface area is 212 Å². The van der Waals surface area contributed by atoms with Crippen LogP contribution in [-0.4, -0.2) is 37.1 Å². The number of nitrogens with one attached hydrogen (secondary N) is 3. The number of anilines is 2. The van der Waals surface area contributed by atoms with Gasteiger partial charge in [0, 0.05) is 11.3 Å². The maximum absolute atomic E-state index is 12.2. The first-order chi connectivity index (χ1) is 17.5. The normalized spacial score (nSPS) is 10.4. The van der Waals surface area contributed by atoms with Gasteiger partial charge in [-0.15, -0.1) is 0 Å². The summed E-state index contributed by atoms with van der Waals surface area (Å²) in [5, 5.41) is 9.34. The van der Waals surface area contributed by atoms with Gasteiger partial charge in [-0.1, -0.05) is 48.5 Å². The van der Waals surface area contributed by atoms with E-state index in [1.807, 2.05) is 0 Å². The Bertz CT molecular complexity index is 1260. The van der Waals surface area contributed by atoms with Crippen LogP contribution in [0.15, 0.2) is 90.6 Å². The fourth-order valence-electron chi connectivity index (χ4n) is 2.80. The average Bonchev–Trinajstić information content (AvgIpc) is 2.89. The minimum atomic E-state index is -0.962. The molecule has 0 radical (unpaired) electrons. The first kappa shape index (κ1) is 26.0. The molecule has 0 saturated heterocycles. The summed E-state index contributed by atoms with van der Waals surface area (Å²) in [7, 11) is 0. The molecule has 36 heavy (non-hydrogen) atoms. The van der Waals surface area contributed by atoms with Crippen LogP contribution in [0.25, 0.3) is 0 Å². The highest BCUT2D eigenvalue weighted by Gasteiger charge is 2.13. The average molecular weight is 507 g/mol. The van der Waals surface area contributed by atoms with E-state index < -0.39 is 17.7 Å². The van der Waals surface area contributed by atoms with Crippen LogP contribution in [0.1, 0.15) is 5.56 Å². The van der Waals surface area contributed by atoms with Gasteiger partial charge in [0.1, 0.15) is 18.1 Å². The number of amides is 3. The summed E-state index contributed by atoms with van der Waals surface area (Å²) in [6, 6.07) is 20.1. The van der Waals surface area contributed by atoms with E-state index in [1.54, 1.807) is 78.9 Å². The molecule has 3 aromatic rings. The number of hydrogen-bond acceptors (Lipinski definition) is 6. The number of ether oxygens (including phenoxy) is 2. The Kier molecular flexibility index (Phi) is 9.60. The van der Waals surface area contributed by atoms with Crippen molar-refractivity contribution in [2.75, 3.05) is 23.8 Å². The predicted octanol–water partition coefficient (Wildman–Crippen LogP) is 4.01. The minimum Gasteiger partial charge on any atom is -0.490 e. The lowest BCUT2D eigenvalue weighted by Gasteiger charge is -2.10. The number of hydrogen-bond donors (Lipinski definition) is 3. The largest absolute Gasteiger partial charge is 0.490 e. The molecular weight excluding hydrogens is 484 g/mol. The molecule has 0 aliphatic heterocycles. The highest BCUT2D eigenvalue weighted by atomic mass is 35.5. The second kappa shape index (κ2) is 13.3. The lowest BCUT2D eigenvalue weighted by atomic mass is 10.2. The molecule has 0 saturated carbocycles. The molecule has 0 aliphatic carbocycles. The summed E-state index contributed by atoms with van der Waals surface area (Å²) in [6.07, 6.45) is 2.92. The third-order valence-electron chi connectivity index (χ3n) is 4.48. The topological polar surface area (TPSA) is 118 Å². The van der Waals surface area contributed by atoms with Gasteiger partial charge in [-0.25, -0.2) is 5.43 Å². The Morgan fingerprint density at radius 3 is 2.36 bits per heavy atom. The number of halogens is 1. The van der Waals surface area contributed by atoms with Crippen LogP contribution < -0.4 is 25.5 Å². The number of hydrazone groups is 1. The van der Waals surface area contributed by atoms with Crippen molar-refractivity contribution in [2.45, 2.75) is 0 Å². The lowest BCUT2D eigenvalue weighted by Crippen LogP contribution is -2.32. The van der Waals surface area contributed by atoms with Gasteiger partial charge in [-0.3, -0.25) is 14.4 Å². The van der Waals surface area contributed by atoms with Gasteiger partial charge in [0.05, 0.1) is 16.9 Å². The number of benzene rings is 3. The molecule has 0 aliphatic rings. The van der Waals surface area contributed by atoms with Crippen LogP contribution in [-0.2, 0) is 14.4 Å². The maximum atomic E-state index is 12.2.